The lowest BCUT2D eigenvalue weighted by atomic mass is 10.0. The molecule has 148 valence electrons. The minimum absolute atomic E-state index is 0.254. The summed E-state index contributed by atoms with van der Waals surface area (Å²) in [5.74, 6) is 0.452. The summed E-state index contributed by atoms with van der Waals surface area (Å²) in [6.07, 6.45) is 5.45. The molecule has 0 radical (unpaired) electrons. The molecule has 0 amide bonds. The lowest BCUT2D eigenvalue weighted by molar-refractivity contribution is 0.541. The molecule has 5 rings (SSSR count). The van der Waals surface area contributed by atoms with Crippen LogP contribution >= 0.6 is 12.2 Å². The summed E-state index contributed by atoms with van der Waals surface area (Å²) in [5, 5.41) is 3.81. The van der Waals surface area contributed by atoms with Crippen LogP contribution in [0.2, 0.25) is 0 Å². The van der Waals surface area contributed by atoms with Gasteiger partial charge in [0.25, 0.3) is 0 Å². The standard InChI is InChI=1S/C23H18FN5S/c24-16-8-1-2-10-18(16)29-22(21(27-23(29)30)17-9-3-5-13-25-17)19-11-7-15-28(19)20-12-4-6-14-26-20/h1-15,21-22H,(H,27,30)/t21-,22-/m1/s1. The topological polar surface area (TPSA) is 46.0 Å². The Morgan fingerprint density at radius 1 is 0.867 bits per heavy atom. The average molecular weight is 415 g/mol. The number of rotatable bonds is 4. The number of hydrogen-bond donors (Lipinski definition) is 1. The maximum absolute atomic E-state index is 14.8. The molecule has 7 heteroatoms. The molecular formula is C23H18FN5S. The van der Waals surface area contributed by atoms with E-state index in [-0.39, 0.29) is 17.9 Å². The average Bonchev–Trinajstić information content (AvgIpc) is 3.40. The molecule has 1 aliphatic rings. The highest BCUT2D eigenvalue weighted by Gasteiger charge is 2.43. The monoisotopic (exact) mass is 415 g/mol. The second-order valence-corrected chi connectivity index (χ2v) is 7.33. The van der Waals surface area contributed by atoms with Crippen LogP contribution in [-0.2, 0) is 0 Å². The minimum atomic E-state index is -0.329. The van der Waals surface area contributed by atoms with E-state index in [1.165, 1.54) is 6.07 Å². The highest BCUT2D eigenvalue weighted by molar-refractivity contribution is 7.80. The quantitative estimate of drug-likeness (QED) is 0.494. The Bertz CT molecular complexity index is 1180. The van der Waals surface area contributed by atoms with Gasteiger partial charge in [0, 0.05) is 24.3 Å². The van der Waals surface area contributed by atoms with Crippen molar-refractivity contribution in [3.8, 4) is 5.82 Å². The summed E-state index contributed by atoms with van der Waals surface area (Å²) in [4.78, 5) is 10.9. The smallest absolute Gasteiger partial charge is 0.174 e. The number of thiocarbonyl (C=S) groups is 1. The first-order valence-electron chi connectivity index (χ1n) is 9.58. The van der Waals surface area contributed by atoms with E-state index in [9.17, 15) is 4.39 Å². The highest BCUT2D eigenvalue weighted by atomic mass is 32.1. The van der Waals surface area contributed by atoms with Crippen molar-refractivity contribution in [2.24, 2.45) is 0 Å². The van der Waals surface area contributed by atoms with E-state index in [0.29, 0.717) is 10.8 Å². The molecule has 1 aliphatic heterocycles. The van der Waals surface area contributed by atoms with Gasteiger partial charge in [-0.25, -0.2) is 9.37 Å². The number of hydrogen-bond acceptors (Lipinski definition) is 3. The molecule has 4 heterocycles. The maximum atomic E-state index is 14.8. The molecule has 0 spiro atoms. The molecule has 1 aromatic carbocycles. The van der Waals surface area contributed by atoms with Gasteiger partial charge in [0.1, 0.15) is 17.7 Å². The normalized spacial score (nSPS) is 18.4. The molecule has 4 aromatic rings. The van der Waals surface area contributed by atoms with Crippen LogP contribution in [0, 0.1) is 5.82 Å². The summed E-state index contributed by atoms with van der Waals surface area (Å²) in [5.41, 5.74) is 2.18. The number of aromatic nitrogens is 3. The molecule has 0 aliphatic carbocycles. The fourth-order valence-electron chi connectivity index (χ4n) is 3.90. The first kappa shape index (κ1) is 18.4. The van der Waals surface area contributed by atoms with Gasteiger partial charge in [0.2, 0.25) is 0 Å². The van der Waals surface area contributed by atoms with Crippen molar-refractivity contribution in [3.05, 3.63) is 109 Å². The molecule has 1 fully saturated rings. The zero-order valence-corrected chi connectivity index (χ0v) is 16.7. The second kappa shape index (κ2) is 7.68. The Morgan fingerprint density at radius 2 is 1.63 bits per heavy atom. The van der Waals surface area contributed by atoms with Crippen LogP contribution in [0.1, 0.15) is 23.5 Å². The van der Waals surface area contributed by atoms with Gasteiger partial charge in [-0.15, -0.1) is 0 Å². The van der Waals surface area contributed by atoms with Crippen LogP contribution in [0.5, 0.6) is 0 Å². The molecule has 1 N–H and O–H groups in total. The molecule has 5 nitrogen and oxygen atoms in total. The third kappa shape index (κ3) is 3.13. The van der Waals surface area contributed by atoms with E-state index in [1.54, 1.807) is 24.5 Å². The van der Waals surface area contributed by atoms with Gasteiger partial charge >= 0.3 is 0 Å². The van der Waals surface area contributed by atoms with Crippen molar-refractivity contribution >= 4 is 23.0 Å². The zero-order chi connectivity index (χ0) is 20.5. The van der Waals surface area contributed by atoms with Crippen LogP contribution in [0.15, 0.2) is 91.4 Å². The molecule has 2 atom stereocenters. The first-order valence-corrected chi connectivity index (χ1v) is 9.99. The Kier molecular flexibility index (Phi) is 4.72. The number of benzene rings is 1. The van der Waals surface area contributed by atoms with Gasteiger partial charge in [-0.2, -0.15) is 0 Å². The van der Waals surface area contributed by atoms with Crippen molar-refractivity contribution < 1.29 is 4.39 Å². The Hall–Kier alpha value is -3.58. The largest absolute Gasteiger partial charge is 0.351 e. The zero-order valence-electron chi connectivity index (χ0n) is 15.9. The van der Waals surface area contributed by atoms with Gasteiger partial charge in [-0.1, -0.05) is 24.3 Å². The summed E-state index contributed by atoms with van der Waals surface area (Å²) >= 11 is 5.67. The van der Waals surface area contributed by atoms with E-state index in [1.807, 2.05) is 70.3 Å². The second-order valence-electron chi connectivity index (χ2n) is 6.94. The molecule has 1 saturated heterocycles. The maximum Gasteiger partial charge on any atom is 0.174 e. The van der Waals surface area contributed by atoms with Crippen molar-refractivity contribution in [2.75, 3.05) is 4.90 Å². The lowest BCUT2D eigenvalue weighted by Gasteiger charge is -2.29. The number of pyridine rings is 2. The number of nitrogens with zero attached hydrogens (tertiary/aromatic N) is 4. The van der Waals surface area contributed by atoms with Gasteiger partial charge in [-0.05, 0) is 60.7 Å². The van der Waals surface area contributed by atoms with Crippen molar-refractivity contribution in [1.29, 1.82) is 0 Å². The molecule has 30 heavy (non-hydrogen) atoms. The number of para-hydroxylation sites is 1. The van der Waals surface area contributed by atoms with Crippen molar-refractivity contribution in [3.63, 3.8) is 0 Å². The van der Waals surface area contributed by atoms with Gasteiger partial charge in [-0.3, -0.25) is 4.98 Å². The Balaban J connectivity index is 1.69. The van der Waals surface area contributed by atoms with Crippen LogP contribution in [0.4, 0.5) is 10.1 Å². The van der Waals surface area contributed by atoms with Crippen LogP contribution < -0.4 is 10.2 Å². The third-order valence-corrected chi connectivity index (χ3v) is 5.50. The number of anilines is 1. The van der Waals surface area contributed by atoms with Gasteiger partial charge < -0.3 is 14.8 Å². The SMILES string of the molecule is Fc1ccccc1N1C(=S)N[C@H](c2ccccn2)[C@H]1c1cccn1-c1ccccn1. The Labute approximate surface area is 178 Å². The summed E-state index contributed by atoms with van der Waals surface area (Å²) in [6, 6.07) is 21.6. The fourth-order valence-corrected chi connectivity index (χ4v) is 4.24. The van der Waals surface area contributed by atoms with Crippen molar-refractivity contribution in [2.45, 2.75) is 12.1 Å². The minimum Gasteiger partial charge on any atom is -0.351 e. The van der Waals surface area contributed by atoms with E-state index in [0.717, 1.165) is 17.2 Å². The van der Waals surface area contributed by atoms with E-state index < -0.39 is 0 Å². The summed E-state index contributed by atoms with van der Waals surface area (Å²) in [7, 11) is 0. The van der Waals surface area contributed by atoms with Crippen LogP contribution in [-0.4, -0.2) is 19.6 Å². The Morgan fingerprint density at radius 3 is 2.37 bits per heavy atom. The number of halogens is 1. The third-order valence-electron chi connectivity index (χ3n) is 5.19. The number of nitrogens with one attached hydrogen (secondary N) is 1. The first-order chi connectivity index (χ1) is 14.7. The van der Waals surface area contributed by atoms with E-state index in [4.69, 9.17) is 12.2 Å². The summed E-state index contributed by atoms with van der Waals surface area (Å²) < 4.78 is 16.8. The molecule has 3 aromatic heterocycles. The molecule has 0 unspecified atom stereocenters. The molecule has 0 saturated carbocycles. The predicted molar refractivity (Wildman–Crippen MR) is 118 cm³/mol. The fraction of sp³-hybridized carbons (Fsp3) is 0.0870. The lowest BCUT2D eigenvalue weighted by Crippen LogP contribution is -2.31. The van der Waals surface area contributed by atoms with Crippen LogP contribution in [0.3, 0.4) is 0 Å². The van der Waals surface area contributed by atoms with E-state index in [2.05, 4.69) is 15.3 Å². The summed E-state index contributed by atoms with van der Waals surface area (Å²) in [6.45, 7) is 0. The van der Waals surface area contributed by atoms with Gasteiger partial charge in [0.05, 0.1) is 17.4 Å². The van der Waals surface area contributed by atoms with E-state index >= 15 is 0 Å². The molecular weight excluding hydrogens is 397 g/mol. The van der Waals surface area contributed by atoms with Gasteiger partial charge in [0.15, 0.2) is 5.11 Å². The van der Waals surface area contributed by atoms with Crippen LogP contribution in [0.25, 0.3) is 5.82 Å². The van der Waals surface area contributed by atoms with Crippen molar-refractivity contribution in [1.82, 2.24) is 19.9 Å². The molecule has 0 bridgehead atoms. The predicted octanol–water partition coefficient (Wildman–Crippen LogP) is 4.58. The highest BCUT2D eigenvalue weighted by Crippen LogP contribution is 2.42.